The summed E-state index contributed by atoms with van der Waals surface area (Å²) in [5.41, 5.74) is 2.16. The highest BCUT2D eigenvalue weighted by Gasteiger charge is 2.30. The first-order valence-electron chi connectivity index (χ1n) is 8.68. The van der Waals surface area contributed by atoms with Gasteiger partial charge in [-0.15, -0.1) is 0 Å². The Hall–Kier alpha value is -2.89. The van der Waals surface area contributed by atoms with Gasteiger partial charge in [0, 0.05) is 37.9 Å². The summed E-state index contributed by atoms with van der Waals surface area (Å²) < 4.78 is 13.4. The molecule has 2 aromatic carbocycles. The molecule has 1 aliphatic heterocycles. The van der Waals surface area contributed by atoms with Gasteiger partial charge in [0.2, 0.25) is 11.8 Å². The van der Waals surface area contributed by atoms with Crippen molar-refractivity contribution < 1.29 is 14.0 Å². The zero-order chi connectivity index (χ0) is 18.5. The number of hydrogen-bond acceptors (Lipinski definition) is 3. The number of fused-ring (bicyclic) bond motifs is 1. The fourth-order valence-electron chi connectivity index (χ4n) is 3.13. The molecule has 3 rings (SSSR count). The van der Waals surface area contributed by atoms with Crippen LogP contribution in [0, 0.1) is 5.82 Å². The molecular weight excluding hydrogens is 333 g/mol. The third kappa shape index (κ3) is 4.20. The molecule has 1 unspecified atom stereocenters. The number of benzene rings is 2. The molecule has 6 heteroatoms. The zero-order valence-electron chi connectivity index (χ0n) is 14.7. The highest BCUT2D eigenvalue weighted by Crippen LogP contribution is 2.32. The van der Waals surface area contributed by atoms with E-state index in [0.29, 0.717) is 17.8 Å². The number of anilines is 2. The van der Waals surface area contributed by atoms with E-state index in [4.69, 9.17) is 0 Å². The second-order valence-corrected chi connectivity index (χ2v) is 6.44. The summed E-state index contributed by atoms with van der Waals surface area (Å²) in [6, 6.07) is 14.2. The molecule has 1 heterocycles. The van der Waals surface area contributed by atoms with Gasteiger partial charge in [-0.3, -0.25) is 9.59 Å². The van der Waals surface area contributed by atoms with Crippen molar-refractivity contribution in [3.63, 3.8) is 0 Å². The van der Waals surface area contributed by atoms with Crippen molar-refractivity contribution in [2.75, 3.05) is 30.4 Å². The molecule has 0 aliphatic carbocycles. The smallest absolute Gasteiger partial charge is 0.228 e. The normalized spacial score (nSPS) is 15.8. The fraction of sp³-hybridized carbons (Fsp3) is 0.300. The van der Waals surface area contributed by atoms with Crippen LogP contribution in [-0.2, 0) is 9.59 Å². The topological polar surface area (TPSA) is 61.4 Å². The Morgan fingerprint density at radius 2 is 2.04 bits per heavy atom. The molecule has 0 spiro atoms. The maximum absolute atomic E-state index is 13.4. The standard InChI is InChI=1S/C20H22FN3O2/c1-24(15-6-3-2-4-7-15)11-5-10-22-20(26)17-13-19(25)23-18-12-14(21)8-9-16(17)18/h2-4,6-9,12,17H,5,10-11,13H2,1H3,(H,22,26)(H,23,25). The van der Waals surface area contributed by atoms with Crippen LogP contribution in [-0.4, -0.2) is 32.0 Å². The molecule has 0 saturated carbocycles. The Balaban J connectivity index is 1.53. The number of rotatable bonds is 6. The van der Waals surface area contributed by atoms with Crippen molar-refractivity contribution in [1.29, 1.82) is 0 Å². The first-order valence-corrected chi connectivity index (χ1v) is 8.68. The van der Waals surface area contributed by atoms with Gasteiger partial charge in [-0.05, 0) is 36.2 Å². The van der Waals surface area contributed by atoms with Gasteiger partial charge in [0.25, 0.3) is 0 Å². The predicted molar refractivity (Wildman–Crippen MR) is 99.7 cm³/mol. The van der Waals surface area contributed by atoms with Gasteiger partial charge in [-0.1, -0.05) is 24.3 Å². The Labute approximate surface area is 152 Å². The Morgan fingerprint density at radius 3 is 2.81 bits per heavy atom. The van der Waals surface area contributed by atoms with Gasteiger partial charge in [0.05, 0.1) is 5.92 Å². The molecule has 2 N–H and O–H groups in total. The number of para-hydroxylation sites is 1. The lowest BCUT2D eigenvalue weighted by molar-refractivity contribution is -0.126. The van der Waals surface area contributed by atoms with Crippen molar-refractivity contribution in [1.82, 2.24) is 5.32 Å². The molecule has 136 valence electrons. The van der Waals surface area contributed by atoms with Crippen LogP contribution in [0.5, 0.6) is 0 Å². The van der Waals surface area contributed by atoms with Crippen LogP contribution in [0.1, 0.15) is 24.3 Å². The van der Waals surface area contributed by atoms with E-state index in [0.717, 1.165) is 18.7 Å². The van der Waals surface area contributed by atoms with Crippen LogP contribution < -0.4 is 15.5 Å². The molecule has 1 atom stereocenters. The molecule has 2 aromatic rings. The lowest BCUT2D eigenvalue weighted by atomic mass is 9.89. The Bertz CT molecular complexity index is 795. The predicted octanol–water partition coefficient (Wildman–Crippen LogP) is 2.89. The van der Waals surface area contributed by atoms with E-state index in [-0.39, 0.29) is 18.2 Å². The van der Waals surface area contributed by atoms with E-state index in [1.807, 2.05) is 37.4 Å². The molecular formula is C20H22FN3O2. The maximum atomic E-state index is 13.4. The van der Waals surface area contributed by atoms with Crippen molar-refractivity contribution in [3.8, 4) is 0 Å². The average Bonchev–Trinajstić information content (AvgIpc) is 2.64. The van der Waals surface area contributed by atoms with Gasteiger partial charge in [-0.2, -0.15) is 0 Å². The fourth-order valence-corrected chi connectivity index (χ4v) is 3.13. The van der Waals surface area contributed by atoms with Gasteiger partial charge in [0.15, 0.2) is 0 Å². The highest BCUT2D eigenvalue weighted by molar-refractivity contribution is 6.01. The third-order valence-corrected chi connectivity index (χ3v) is 4.54. The molecule has 0 aromatic heterocycles. The van der Waals surface area contributed by atoms with E-state index in [2.05, 4.69) is 15.5 Å². The first-order chi connectivity index (χ1) is 12.5. The summed E-state index contributed by atoms with van der Waals surface area (Å²) in [6.45, 7) is 1.32. The summed E-state index contributed by atoms with van der Waals surface area (Å²) in [7, 11) is 2.01. The molecule has 0 saturated heterocycles. The molecule has 0 bridgehead atoms. The van der Waals surface area contributed by atoms with Crippen LogP contribution in [0.15, 0.2) is 48.5 Å². The first kappa shape index (κ1) is 17.9. The van der Waals surface area contributed by atoms with Crippen LogP contribution >= 0.6 is 0 Å². The van der Waals surface area contributed by atoms with Gasteiger partial charge >= 0.3 is 0 Å². The Kier molecular flexibility index (Phi) is 5.51. The minimum absolute atomic E-state index is 0.0778. The second kappa shape index (κ2) is 7.99. The minimum Gasteiger partial charge on any atom is -0.375 e. The summed E-state index contributed by atoms with van der Waals surface area (Å²) >= 11 is 0. The van der Waals surface area contributed by atoms with E-state index >= 15 is 0 Å². The van der Waals surface area contributed by atoms with Crippen LogP contribution in [0.25, 0.3) is 0 Å². The number of nitrogens with zero attached hydrogens (tertiary/aromatic N) is 1. The van der Waals surface area contributed by atoms with E-state index < -0.39 is 11.7 Å². The third-order valence-electron chi connectivity index (χ3n) is 4.54. The summed E-state index contributed by atoms with van der Waals surface area (Å²) in [5, 5.41) is 5.52. The molecule has 2 amide bonds. The van der Waals surface area contributed by atoms with Gasteiger partial charge in [0.1, 0.15) is 5.82 Å². The number of carbonyl (C=O) groups is 2. The second-order valence-electron chi connectivity index (χ2n) is 6.44. The SMILES string of the molecule is CN(CCCNC(=O)C1CC(=O)Nc2cc(F)ccc21)c1ccccc1. The van der Waals surface area contributed by atoms with Crippen LogP contribution in [0.2, 0.25) is 0 Å². The van der Waals surface area contributed by atoms with Crippen molar-refractivity contribution in [2.45, 2.75) is 18.8 Å². The number of amides is 2. The van der Waals surface area contributed by atoms with Crippen LogP contribution in [0.3, 0.4) is 0 Å². The highest BCUT2D eigenvalue weighted by atomic mass is 19.1. The van der Waals surface area contributed by atoms with Crippen LogP contribution in [0.4, 0.5) is 15.8 Å². The molecule has 26 heavy (non-hydrogen) atoms. The quantitative estimate of drug-likeness (QED) is 0.784. The average molecular weight is 355 g/mol. The van der Waals surface area contributed by atoms with Crippen molar-refractivity contribution >= 4 is 23.2 Å². The lowest BCUT2D eigenvalue weighted by Crippen LogP contribution is -2.36. The Morgan fingerprint density at radius 1 is 1.27 bits per heavy atom. The van der Waals surface area contributed by atoms with E-state index in [9.17, 15) is 14.0 Å². The van der Waals surface area contributed by atoms with Crippen molar-refractivity contribution in [2.24, 2.45) is 0 Å². The maximum Gasteiger partial charge on any atom is 0.228 e. The number of nitrogens with one attached hydrogen (secondary N) is 2. The number of carbonyl (C=O) groups excluding carboxylic acids is 2. The van der Waals surface area contributed by atoms with Gasteiger partial charge in [-0.25, -0.2) is 4.39 Å². The molecule has 0 fully saturated rings. The summed E-state index contributed by atoms with van der Waals surface area (Å²) in [6.07, 6.45) is 0.862. The number of halogens is 1. The molecule has 1 aliphatic rings. The van der Waals surface area contributed by atoms with Gasteiger partial charge < -0.3 is 15.5 Å². The zero-order valence-corrected chi connectivity index (χ0v) is 14.7. The monoisotopic (exact) mass is 355 g/mol. The van der Waals surface area contributed by atoms with Crippen molar-refractivity contribution in [3.05, 3.63) is 59.9 Å². The van der Waals surface area contributed by atoms with E-state index in [1.165, 1.54) is 12.1 Å². The summed E-state index contributed by atoms with van der Waals surface area (Å²) in [4.78, 5) is 26.4. The lowest BCUT2D eigenvalue weighted by Gasteiger charge is -2.25. The number of hydrogen-bond donors (Lipinski definition) is 2. The summed E-state index contributed by atoms with van der Waals surface area (Å²) in [5.74, 6) is -1.48. The minimum atomic E-state index is -0.578. The largest absolute Gasteiger partial charge is 0.375 e. The molecule has 5 nitrogen and oxygen atoms in total. The van der Waals surface area contributed by atoms with E-state index in [1.54, 1.807) is 6.07 Å². The molecule has 0 radical (unpaired) electrons.